The highest BCUT2D eigenvalue weighted by Gasteiger charge is 2.48. The zero-order valence-corrected chi connectivity index (χ0v) is 25.0. The number of phosphoric ester groups is 1. The summed E-state index contributed by atoms with van der Waals surface area (Å²) in [5.41, 5.74) is -3.58. The van der Waals surface area contributed by atoms with Crippen LogP contribution in [0, 0.1) is 0 Å². The molecule has 4 heterocycles. The maximum atomic E-state index is 12.5. The Morgan fingerprint density at radius 2 is 1.11 bits per heavy atom. The minimum atomic E-state index is -5.56. The van der Waals surface area contributed by atoms with Gasteiger partial charge in [-0.1, -0.05) is 0 Å². The monoisotopic (exact) mass is 708 g/mol. The zero-order valence-electron chi connectivity index (χ0n) is 22.3. The van der Waals surface area contributed by atoms with Crippen molar-refractivity contribution < 1.29 is 71.6 Å². The minimum absolute atomic E-state index is 0.699. The number of hydrogen-bond acceptors (Lipinski definition) is 16. The Hall–Kier alpha value is -2.43. The summed E-state index contributed by atoms with van der Waals surface area (Å²) in [6.07, 6.45) is -11.7. The molecule has 0 saturated carbocycles. The number of aliphatic hydroxyl groups excluding tert-OH is 4. The van der Waals surface area contributed by atoms with Gasteiger partial charge in [-0.15, -0.1) is 0 Å². The van der Waals surface area contributed by atoms with Crippen molar-refractivity contribution in [3.8, 4) is 0 Å². The van der Waals surface area contributed by atoms with E-state index in [9.17, 15) is 68.0 Å². The normalized spacial score (nSPS) is 32.5. The van der Waals surface area contributed by atoms with Crippen LogP contribution in [0.4, 0.5) is 0 Å². The molecule has 2 aromatic heterocycles. The fraction of sp³-hybridized carbons (Fsp3) is 0.579. The number of phosphoric acid groups is 1. The first-order valence-electron chi connectivity index (χ1n) is 12.4. The van der Waals surface area contributed by atoms with Crippen LogP contribution in [0.5, 0.6) is 0 Å². The van der Waals surface area contributed by atoms with Gasteiger partial charge in [0.25, 0.3) is 11.1 Å². The number of hydrogen-bond donors (Lipinski definition) is 9. The molecule has 9 N–H and O–H groups in total. The van der Waals surface area contributed by atoms with Crippen molar-refractivity contribution in [3.63, 3.8) is 0 Å². The van der Waals surface area contributed by atoms with Crippen LogP contribution in [-0.4, -0.2) is 110 Å². The van der Waals surface area contributed by atoms with Crippen molar-refractivity contribution >= 4 is 23.0 Å². The van der Waals surface area contributed by atoms with Gasteiger partial charge in [0, 0.05) is 24.5 Å². The van der Waals surface area contributed by atoms with Crippen LogP contribution in [-0.2, 0) is 36.5 Å². The predicted molar refractivity (Wildman–Crippen MR) is 142 cm³/mol. The molecule has 2 aliphatic heterocycles. The van der Waals surface area contributed by atoms with Crippen molar-refractivity contribution in [1.82, 2.24) is 19.1 Å². The van der Waals surface area contributed by atoms with Gasteiger partial charge in [0.05, 0.1) is 13.2 Å². The molecule has 0 radical (unpaired) electrons. The maximum Gasteiger partial charge on any atom is 0.479 e. The number of rotatable bonds is 12. The molecule has 252 valence electrons. The summed E-state index contributed by atoms with van der Waals surface area (Å²) < 4.78 is 62.4. The molecule has 2 fully saturated rings. The topological polar surface area (TPSA) is 349 Å². The van der Waals surface area contributed by atoms with E-state index in [1.54, 1.807) is 0 Å². The first-order chi connectivity index (χ1) is 20.8. The smallest absolute Gasteiger partial charge is 0.387 e. The number of aromatic nitrogens is 4. The van der Waals surface area contributed by atoms with Crippen LogP contribution in [0.25, 0.3) is 0 Å². The average Bonchev–Trinajstić information content (AvgIpc) is 3.35. The molecule has 0 aliphatic carbocycles. The Kier molecular flexibility index (Phi) is 10.5. The zero-order chi connectivity index (χ0) is 33.5. The maximum absolute atomic E-state index is 12.5. The van der Waals surface area contributed by atoms with E-state index in [1.807, 2.05) is 9.97 Å². The van der Waals surface area contributed by atoms with Gasteiger partial charge in [0.2, 0.25) is 0 Å². The fourth-order valence-corrected chi connectivity index (χ4v) is 9.28. The largest absolute Gasteiger partial charge is 0.479 e. The SMILES string of the molecule is O=c1ccn([C@@H]2O[C@H](COP(=O)(O)OP(=O)(O)CP(=O)(O)OC[C@H]3O[C@H](n4ccc(=O)[nH]c4=O)[C@H](O)[C@@H]3O)[C@@H](O)[C@H]2O)c(=O)[nH]1. The van der Waals surface area contributed by atoms with Crippen molar-refractivity contribution in [3.05, 3.63) is 66.2 Å². The van der Waals surface area contributed by atoms with Gasteiger partial charge in [-0.05, 0) is 0 Å². The van der Waals surface area contributed by atoms with Crippen LogP contribution in [0.1, 0.15) is 12.5 Å². The molecule has 2 saturated heterocycles. The van der Waals surface area contributed by atoms with Gasteiger partial charge in [-0.3, -0.25) is 42.3 Å². The molecule has 26 heteroatoms. The average molecular weight is 708 g/mol. The Morgan fingerprint density at radius 1 is 0.689 bits per heavy atom. The Morgan fingerprint density at radius 3 is 1.53 bits per heavy atom. The van der Waals surface area contributed by atoms with Gasteiger partial charge < -0.3 is 49.1 Å². The molecule has 45 heavy (non-hydrogen) atoms. The summed E-state index contributed by atoms with van der Waals surface area (Å²) in [7, 11) is -16.2. The molecule has 0 bridgehead atoms. The van der Waals surface area contributed by atoms with Gasteiger partial charge in [-0.25, -0.2) is 18.5 Å². The molecule has 2 aliphatic rings. The second kappa shape index (κ2) is 13.4. The summed E-state index contributed by atoms with van der Waals surface area (Å²) in [6, 6.07) is 1.82. The minimum Gasteiger partial charge on any atom is -0.387 e. The highest BCUT2D eigenvalue weighted by Crippen LogP contribution is 2.66. The highest BCUT2D eigenvalue weighted by molar-refractivity contribution is 7.74. The highest BCUT2D eigenvalue weighted by atomic mass is 31.3. The number of H-pyrrole nitrogens is 2. The van der Waals surface area contributed by atoms with E-state index in [4.69, 9.17) is 9.47 Å². The number of aliphatic hydroxyl groups is 4. The van der Waals surface area contributed by atoms with E-state index in [-0.39, 0.29) is 0 Å². The summed E-state index contributed by atoms with van der Waals surface area (Å²) in [5.74, 6) is -1.79. The third-order valence-corrected chi connectivity index (χ3v) is 12.1. The van der Waals surface area contributed by atoms with Gasteiger partial charge in [0.1, 0.15) is 36.6 Å². The summed E-state index contributed by atoms with van der Waals surface area (Å²) >= 11 is 0. The lowest BCUT2D eigenvalue weighted by atomic mass is 10.1. The fourth-order valence-electron chi connectivity index (χ4n) is 4.28. The van der Waals surface area contributed by atoms with Crippen molar-refractivity contribution in [2.75, 3.05) is 19.1 Å². The molecule has 0 aromatic carbocycles. The van der Waals surface area contributed by atoms with E-state index in [2.05, 4.69) is 13.4 Å². The summed E-state index contributed by atoms with van der Waals surface area (Å²) in [6.45, 7) is -2.08. The molecule has 4 rings (SSSR count). The van der Waals surface area contributed by atoms with Gasteiger partial charge >= 0.3 is 34.4 Å². The van der Waals surface area contributed by atoms with Crippen LogP contribution in [0.3, 0.4) is 0 Å². The lowest BCUT2D eigenvalue weighted by Crippen LogP contribution is -2.37. The summed E-state index contributed by atoms with van der Waals surface area (Å²) in [4.78, 5) is 80.1. The third kappa shape index (κ3) is 8.49. The first-order valence-corrected chi connectivity index (χ1v) is 17.4. The van der Waals surface area contributed by atoms with Crippen LogP contribution in [0.15, 0.2) is 43.7 Å². The van der Waals surface area contributed by atoms with Crippen LogP contribution in [0.2, 0.25) is 0 Å². The number of nitrogens with one attached hydrogen (secondary N) is 2. The van der Waals surface area contributed by atoms with Crippen molar-refractivity contribution in [1.29, 1.82) is 0 Å². The van der Waals surface area contributed by atoms with E-state index in [0.717, 1.165) is 24.5 Å². The molecule has 23 nitrogen and oxygen atoms in total. The number of ether oxygens (including phenoxy) is 2. The molecule has 11 atom stereocenters. The summed E-state index contributed by atoms with van der Waals surface area (Å²) in [5, 5.41) is 40.8. The lowest BCUT2D eigenvalue weighted by molar-refractivity contribution is -0.0541. The molecule has 2 aromatic rings. The second-order valence-corrected chi connectivity index (χ2v) is 15.5. The Bertz CT molecular complexity index is 1650. The lowest BCUT2D eigenvalue weighted by Gasteiger charge is -2.21. The first kappa shape index (κ1) is 35.4. The van der Waals surface area contributed by atoms with Gasteiger partial charge in [-0.2, -0.15) is 0 Å². The Labute approximate surface area is 248 Å². The van der Waals surface area contributed by atoms with Crippen LogP contribution >= 0.6 is 23.0 Å². The van der Waals surface area contributed by atoms with Crippen molar-refractivity contribution in [2.24, 2.45) is 0 Å². The molecule has 3 unspecified atom stereocenters. The molecular formula is C19H27N4O19P3. The van der Waals surface area contributed by atoms with E-state index in [1.165, 1.54) is 0 Å². The van der Waals surface area contributed by atoms with E-state index < -0.39 is 114 Å². The van der Waals surface area contributed by atoms with Gasteiger partial charge in [0.15, 0.2) is 18.4 Å². The van der Waals surface area contributed by atoms with Crippen molar-refractivity contribution in [2.45, 2.75) is 49.1 Å². The standard InChI is InChI=1S/C19H27N4O19P3/c24-10-1-3-22(18(30)20-10)16-14(28)12(26)8(40-16)5-38-43(32,33)7-44(34,35)42-45(36,37)39-6-9-13(27)15(29)17(41-9)23-4-2-11(25)21-19(23)31/h1-4,8-9,12-17,26-29H,5-7H2,(H,32,33)(H,34,35)(H,36,37)(H,20,24,30)(H,21,25,31)/t8-,9-,12-,13-,14-,15-,16+,17-/m1/s1. The predicted octanol–water partition coefficient (Wildman–Crippen LogP) is -4.20. The quantitative estimate of drug-likeness (QED) is 0.0944. The molecule has 0 spiro atoms. The molecular weight excluding hydrogens is 681 g/mol. The number of nitrogens with zero attached hydrogens (tertiary/aromatic N) is 2. The van der Waals surface area contributed by atoms with Crippen LogP contribution < -0.4 is 22.5 Å². The van der Waals surface area contributed by atoms with E-state index in [0.29, 0.717) is 9.13 Å². The number of aromatic amines is 2. The van der Waals surface area contributed by atoms with E-state index >= 15 is 0 Å². The Balaban J connectivity index is 1.31. The molecule has 0 amide bonds. The third-order valence-electron chi connectivity index (χ3n) is 6.36. The second-order valence-electron chi connectivity index (χ2n) is 9.69.